The van der Waals surface area contributed by atoms with Crippen molar-refractivity contribution in [1.29, 1.82) is 0 Å². The van der Waals surface area contributed by atoms with Gasteiger partial charge in [0.15, 0.2) is 0 Å². The minimum Gasteiger partial charge on any atom is -0.496 e. The van der Waals surface area contributed by atoms with Crippen molar-refractivity contribution in [1.82, 2.24) is 5.16 Å². The van der Waals surface area contributed by atoms with E-state index in [4.69, 9.17) is 32.5 Å². The first-order chi connectivity index (χ1) is 7.22. The first-order valence-corrected chi connectivity index (χ1v) is 4.93. The molecule has 0 amide bonds. The molecule has 0 unspecified atom stereocenters. The van der Waals surface area contributed by atoms with Gasteiger partial charge in [-0.3, -0.25) is 0 Å². The summed E-state index contributed by atoms with van der Waals surface area (Å²) >= 11 is 11.7. The third-order valence-electron chi connectivity index (χ3n) is 1.93. The number of hydrogen-bond donors (Lipinski definition) is 0. The van der Waals surface area contributed by atoms with Crippen LogP contribution in [0.5, 0.6) is 5.75 Å². The van der Waals surface area contributed by atoms with Crippen LogP contribution in [0, 0.1) is 0 Å². The summed E-state index contributed by atoms with van der Waals surface area (Å²) in [6.45, 7) is 0. The number of ether oxygens (including phenoxy) is 1. The Bertz CT molecular complexity index is 482. The Balaban J connectivity index is 2.60. The minimum atomic E-state index is 0.215. The maximum absolute atomic E-state index is 6.05. The second-order valence-corrected chi connectivity index (χ2v) is 3.61. The van der Waals surface area contributed by atoms with Gasteiger partial charge in [-0.1, -0.05) is 22.8 Å². The fourth-order valence-electron chi connectivity index (χ4n) is 1.29. The van der Waals surface area contributed by atoms with Crippen molar-refractivity contribution in [2.75, 3.05) is 7.11 Å². The van der Waals surface area contributed by atoms with Crippen LogP contribution >= 0.6 is 23.2 Å². The number of nitrogens with zero attached hydrogens (tertiary/aromatic N) is 1. The number of halogens is 2. The van der Waals surface area contributed by atoms with Crippen molar-refractivity contribution in [3.63, 3.8) is 0 Å². The summed E-state index contributed by atoms with van der Waals surface area (Å²) < 4.78 is 9.96. The van der Waals surface area contributed by atoms with Gasteiger partial charge in [-0.15, -0.1) is 0 Å². The lowest BCUT2D eigenvalue weighted by atomic mass is 10.1. The van der Waals surface area contributed by atoms with Crippen LogP contribution in [0.3, 0.4) is 0 Å². The van der Waals surface area contributed by atoms with Crippen molar-refractivity contribution in [2.45, 2.75) is 0 Å². The smallest absolute Gasteiger partial charge is 0.226 e. The normalized spacial score (nSPS) is 10.3. The zero-order valence-corrected chi connectivity index (χ0v) is 9.34. The van der Waals surface area contributed by atoms with Gasteiger partial charge >= 0.3 is 0 Å². The predicted molar refractivity (Wildman–Crippen MR) is 58.5 cm³/mol. The van der Waals surface area contributed by atoms with E-state index in [2.05, 4.69) is 5.16 Å². The molecule has 0 spiro atoms. The van der Waals surface area contributed by atoms with Gasteiger partial charge in [-0.25, -0.2) is 0 Å². The molecule has 0 fully saturated rings. The van der Waals surface area contributed by atoms with Crippen molar-refractivity contribution in [3.05, 3.63) is 34.5 Å². The third kappa shape index (κ3) is 1.94. The molecule has 1 heterocycles. The van der Waals surface area contributed by atoms with Crippen LogP contribution in [-0.2, 0) is 0 Å². The molecule has 2 rings (SSSR count). The van der Waals surface area contributed by atoms with Crippen LogP contribution in [0.15, 0.2) is 28.8 Å². The summed E-state index contributed by atoms with van der Waals surface area (Å²) in [4.78, 5) is 0. The SMILES string of the molecule is COc1cccc(Cl)c1-c1cc(Cl)on1. The van der Waals surface area contributed by atoms with Crippen LogP contribution in [0.25, 0.3) is 11.3 Å². The highest BCUT2D eigenvalue weighted by Crippen LogP contribution is 2.36. The molecule has 1 aromatic heterocycles. The summed E-state index contributed by atoms with van der Waals surface area (Å²) in [5, 5.41) is 4.54. The highest BCUT2D eigenvalue weighted by atomic mass is 35.5. The average Bonchev–Trinajstić information content (AvgIpc) is 2.64. The van der Waals surface area contributed by atoms with E-state index >= 15 is 0 Å². The number of methoxy groups -OCH3 is 1. The van der Waals surface area contributed by atoms with Gasteiger partial charge < -0.3 is 9.26 Å². The maximum atomic E-state index is 6.05. The summed E-state index contributed by atoms with van der Waals surface area (Å²) in [6, 6.07) is 6.93. The lowest BCUT2D eigenvalue weighted by Crippen LogP contribution is -1.88. The largest absolute Gasteiger partial charge is 0.496 e. The van der Waals surface area contributed by atoms with E-state index in [9.17, 15) is 0 Å². The molecule has 0 N–H and O–H groups in total. The maximum Gasteiger partial charge on any atom is 0.226 e. The molecule has 1 aromatic carbocycles. The monoisotopic (exact) mass is 243 g/mol. The second-order valence-electron chi connectivity index (χ2n) is 2.83. The molecule has 3 nitrogen and oxygen atoms in total. The molecule has 0 aliphatic carbocycles. The van der Waals surface area contributed by atoms with Crippen LogP contribution in [0.1, 0.15) is 0 Å². The van der Waals surface area contributed by atoms with Crippen LogP contribution in [0.2, 0.25) is 10.2 Å². The number of rotatable bonds is 2. The van der Waals surface area contributed by atoms with Crippen LogP contribution in [-0.4, -0.2) is 12.3 Å². The number of hydrogen-bond acceptors (Lipinski definition) is 3. The highest BCUT2D eigenvalue weighted by Gasteiger charge is 2.14. The topological polar surface area (TPSA) is 35.3 Å². The van der Waals surface area contributed by atoms with Crippen molar-refractivity contribution in [3.8, 4) is 17.0 Å². The van der Waals surface area contributed by atoms with E-state index in [1.807, 2.05) is 0 Å². The zero-order chi connectivity index (χ0) is 10.8. The van der Waals surface area contributed by atoms with Crippen LogP contribution < -0.4 is 4.74 Å². The molecule has 78 valence electrons. The standard InChI is InChI=1S/C10H7Cl2NO2/c1-14-8-4-2-3-6(11)10(8)7-5-9(12)15-13-7/h2-5H,1H3. The molecule has 0 aliphatic rings. The Morgan fingerprint density at radius 1 is 1.33 bits per heavy atom. The van der Waals surface area contributed by atoms with Crippen molar-refractivity contribution < 1.29 is 9.26 Å². The molecule has 0 radical (unpaired) electrons. The van der Waals surface area contributed by atoms with Gasteiger partial charge in [-0.05, 0) is 23.7 Å². The van der Waals surface area contributed by atoms with E-state index in [0.717, 1.165) is 0 Å². The first-order valence-electron chi connectivity index (χ1n) is 4.17. The quantitative estimate of drug-likeness (QED) is 0.808. The van der Waals surface area contributed by atoms with Gasteiger partial charge in [0.2, 0.25) is 5.22 Å². The first kappa shape index (κ1) is 10.3. The van der Waals surface area contributed by atoms with E-state index < -0.39 is 0 Å². The Kier molecular flexibility index (Phi) is 2.84. The molecule has 0 saturated heterocycles. The molecule has 2 aromatic rings. The van der Waals surface area contributed by atoms with Gasteiger partial charge in [0.1, 0.15) is 11.4 Å². The lowest BCUT2D eigenvalue weighted by Gasteiger charge is -2.06. The molecular formula is C10H7Cl2NO2. The Hall–Kier alpha value is -1.19. The Morgan fingerprint density at radius 2 is 2.13 bits per heavy atom. The van der Waals surface area contributed by atoms with Crippen molar-refractivity contribution >= 4 is 23.2 Å². The third-order valence-corrected chi connectivity index (χ3v) is 2.43. The average molecular weight is 244 g/mol. The Morgan fingerprint density at radius 3 is 2.73 bits per heavy atom. The van der Waals surface area contributed by atoms with E-state index in [1.54, 1.807) is 31.4 Å². The number of aromatic nitrogens is 1. The lowest BCUT2D eigenvalue weighted by molar-refractivity contribution is 0.411. The van der Waals surface area contributed by atoms with E-state index in [0.29, 0.717) is 22.0 Å². The summed E-state index contributed by atoms with van der Waals surface area (Å²) in [5.74, 6) is 0.632. The van der Waals surface area contributed by atoms with Crippen molar-refractivity contribution in [2.24, 2.45) is 0 Å². The Labute approximate surface area is 96.5 Å². The predicted octanol–water partition coefficient (Wildman–Crippen LogP) is 3.66. The van der Waals surface area contributed by atoms with Gasteiger partial charge in [0.05, 0.1) is 17.7 Å². The molecule has 0 saturated carbocycles. The summed E-state index contributed by atoms with van der Waals surface area (Å²) in [7, 11) is 1.57. The summed E-state index contributed by atoms with van der Waals surface area (Å²) in [6.07, 6.45) is 0. The molecular weight excluding hydrogens is 237 g/mol. The molecule has 0 atom stereocenters. The van der Waals surface area contributed by atoms with Gasteiger partial charge in [0.25, 0.3) is 0 Å². The summed E-state index contributed by atoms with van der Waals surface area (Å²) in [5.41, 5.74) is 1.24. The minimum absolute atomic E-state index is 0.215. The van der Waals surface area contributed by atoms with Crippen LogP contribution in [0.4, 0.5) is 0 Å². The fourth-order valence-corrected chi connectivity index (χ4v) is 1.69. The number of benzene rings is 1. The molecule has 0 aliphatic heterocycles. The molecule has 5 heteroatoms. The second kappa shape index (κ2) is 4.13. The molecule has 15 heavy (non-hydrogen) atoms. The van der Waals surface area contributed by atoms with Gasteiger partial charge in [0, 0.05) is 6.07 Å². The molecule has 0 bridgehead atoms. The van der Waals surface area contributed by atoms with Gasteiger partial charge in [-0.2, -0.15) is 0 Å². The van der Waals surface area contributed by atoms with E-state index in [1.165, 1.54) is 0 Å². The zero-order valence-electron chi connectivity index (χ0n) is 7.83. The highest BCUT2D eigenvalue weighted by molar-refractivity contribution is 6.34. The van der Waals surface area contributed by atoms with E-state index in [-0.39, 0.29) is 5.22 Å². The fraction of sp³-hybridized carbons (Fsp3) is 0.100.